The zero-order valence-corrected chi connectivity index (χ0v) is 16.9. The van der Waals surface area contributed by atoms with E-state index >= 15 is 0 Å². The molecule has 0 unspecified atom stereocenters. The van der Waals surface area contributed by atoms with Gasteiger partial charge < -0.3 is 24.0 Å². The second kappa shape index (κ2) is 8.26. The lowest BCUT2D eigenvalue weighted by Crippen LogP contribution is -2.62. The van der Waals surface area contributed by atoms with Crippen molar-refractivity contribution in [3.05, 3.63) is 48.2 Å². The number of carbonyl (C=O) groups excluding carboxylic acids is 1. The number of aromatic nitrogens is 1. The number of nitrogens with zero attached hydrogens (tertiary/aromatic N) is 3. The molecule has 2 aliphatic heterocycles. The fourth-order valence-electron chi connectivity index (χ4n) is 4.10. The molecular weight excluding hydrogens is 415 g/mol. The average molecular weight is 437 g/mol. The molecule has 0 radical (unpaired) electrons. The zero-order chi connectivity index (χ0) is 22.1. The highest BCUT2D eigenvalue weighted by atomic mass is 19.4. The number of pyridine rings is 1. The maximum atomic E-state index is 12.6. The van der Waals surface area contributed by atoms with Gasteiger partial charge in [-0.05, 0) is 29.8 Å². The lowest BCUT2D eigenvalue weighted by molar-refractivity contribution is -0.274. The summed E-state index contributed by atoms with van der Waals surface area (Å²) in [6, 6.07) is 9.43. The number of rotatable bonds is 5. The van der Waals surface area contributed by atoms with E-state index in [1.54, 1.807) is 24.3 Å². The Morgan fingerprint density at radius 3 is 2.74 bits per heavy atom. The molecule has 166 valence electrons. The van der Waals surface area contributed by atoms with Crippen molar-refractivity contribution < 1.29 is 32.2 Å². The maximum absolute atomic E-state index is 12.6. The predicted octanol–water partition coefficient (Wildman–Crippen LogP) is 2.85. The molecular formula is C21H22F3N3O4. The van der Waals surface area contributed by atoms with Gasteiger partial charge in [-0.1, -0.05) is 12.1 Å². The topological polar surface area (TPSA) is 64.1 Å². The van der Waals surface area contributed by atoms with Crippen LogP contribution in [0.15, 0.2) is 42.6 Å². The molecule has 4 rings (SSSR count). The number of benzene rings is 1. The Morgan fingerprint density at radius 1 is 1.19 bits per heavy atom. The number of amides is 1. The molecule has 2 fully saturated rings. The van der Waals surface area contributed by atoms with Gasteiger partial charge in [0.1, 0.15) is 12.4 Å². The summed E-state index contributed by atoms with van der Waals surface area (Å²) in [5.74, 6) is 0.0226. The molecule has 7 nitrogen and oxygen atoms in total. The van der Waals surface area contributed by atoms with Crippen LogP contribution in [0.5, 0.6) is 11.6 Å². The Morgan fingerprint density at radius 2 is 2.00 bits per heavy atom. The smallest absolute Gasteiger partial charge is 0.480 e. The monoisotopic (exact) mass is 437 g/mol. The van der Waals surface area contributed by atoms with Crippen molar-refractivity contribution in [3.8, 4) is 11.6 Å². The van der Waals surface area contributed by atoms with E-state index < -0.39 is 6.36 Å². The quantitative estimate of drug-likeness (QED) is 0.717. The fraction of sp³-hybridized carbons (Fsp3) is 0.429. The van der Waals surface area contributed by atoms with Gasteiger partial charge in [0.2, 0.25) is 11.8 Å². The summed E-state index contributed by atoms with van der Waals surface area (Å²) in [7, 11) is 1.56. The number of anilines is 1. The lowest BCUT2D eigenvalue weighted by Gasteiger charge is -2.51. The van der Waals surface area contributed by atoms with Crippen molar-refractivity contribution in [3.63, 3.8) is 0 Å². The number of halogens is 3. The van der Waals surface area contributed by atoms with E-state index in [4.69, 9.17) is 9.47 Å². The van der Waals surface area contributed by atoms with Gasteiger partial charge in [0, 0.05) is 37.8 Å². The minimum Gasteiger partial charge on any atom is -0.480 e. The first-order valence-electron chi connectivity index (χ1n) is 9.71. The number of methoxy groups -OCH3 is 1. The van der Waals surface area contributed by atoms with Crippen LogP contribution in [-0.2, 0) is 16.1 Å². The van der Waals surface area contributed by atoms with E-state index in [0.29, 0.717) is 37.7 Å². The lowest BCUT2D eigenvalue weighted by atomic mass is 9.79. The summed E-state index contributed by atoms with van der Waals surface area (Å²) in [5.41, 5.74) is 1.15. The van der Waals surface area contributed by atoms with E-state index in [9.17, 15) is 18.0 Å². The van der Waals surface area contributed by atoms with Crippen LogP contribution in [-0.4, -0.2) is 62.1 Å². The van der Waals surface area contributed by atoms with Crippen molar-refractivity contribution in [2.75, 3.05) is 44.9 Å². The Kier molecular flexibility index (Phi) is 5.65. The second-order valence-corrected chi connectivity index (χ2v) is 7.83. The molecule has 1 aromatic carbocycles. The molecule has 0 saturated carbocycles. The molecule has 0 aliphatic carbocycles. The third kappa shape index (κ3) is 4.84. The molecule has 2 aromatic rings. The molecule has 10 heteroatoms. The van der Waals surface area contributed by atoms with E-state index in [2.05, 4.69) is 14.6 Å². The maximum Gasteiger partial charge on any atom is 0.573 e. The number of alkyl halides is 3. The SMILES string of the molecule is COc1ncccc1N1CC2(COCC(=O)N(Cc3cccc(OC(F)(F)F)c3)C2)C1. The van der Waals surface area contributed by atoms with Gasteiger partial charge in [0.05, 0.1) is 19.4 Å². The van der Waals surface area contributed by atoms with Crippen LogP contribution >= 0.6 is 0 Å². The van der Waals surface area contributed by atoms with E-state index in [-0.39, 0.29) is 30.2 Å². The molecule has 1 aromatic heterocycles. The Bertz CT molecular complexity index is 947. The van der Waals surface area contributed by atoms with Crippen molar-refractivity contribution in [1.29, 1.82) is 0 Å². The third-order valence-electron chi connectivity index (χ3n) is 5.36. The van der Waals surface area contributed by atoms with Crippen LogP contribution in [0.4, 0.5) is 18.9 Å². The molecule has 0 atom stereocenters. The van der Waals surface area contributed by atoms with Gasteiger partial charge in [-0.15, -0.1) is 13.2 Å². The van der Waals surface area contributed by atoms with E-state index in [1.807, 2.05) is 12.1 Å². The summed E-state index contributed by atoms with van der Waals surface area (Å²) < 4.78 is 52.5. The Labute approximate surface area is 177 Å². The average Bonchev–Trinajstić information content (AvgIpc) is 2.85. The molecule has 1 spiro atoms. The highest BCUT2D eigenvalue weighted by Crippen LogP contribution is 2.40. The predicted molar refractivity (Wildman–Crippen MR) is 105 cm³/mol. The molecule has 2 aliphatic rings. The van der Waals surface area contributed by atoms with Crippen LogP contribution in [0, 0.1) is 5.41 Å². The van der Waals surface area contributed by atoms with Crippen molar-refractivity contribution in [2.45, 2.75) is 12.9 Å². The number of hydrogen-bond donors (Lipinski definition) is 0. The first kappa shape index (κ1) is 21.2. The van der Waals surface area contributed by atoms with Crippen LogP contribution in [0.3, 0.4) is 0 Å². The largest absolute Gasteiger partial charge is 0.573 e. The van der Waals surface area contributed by atoms with Crippen molar-refractivity contribution >= 4 is 11.6 Å². The summed E-state index contributed by atoms with van der Waals surface area (Å²) in [6.07, 6.45) is -3.11. The van der Waals surface area contributed by atoms with Crippen molar-refractivity contribution in [1.82, 2.24) is 9.88 Å². The molecule has 1 amide bonds. The Balaban J connectivity index is 1.46. The van der Waals surface area contributed by atoms with Crippen LogP contribution in [0.2, 0.25) is 0 Å². The van der Waals surface area contributed by atoms with Gasteiger partial charge >= 0.3 is 6.36 Å². The summed E-state index contributed by atoms with van der Waals surface area (Å²) in [5, 5.41) is 0. The third-order valence-corrected chi connectivity index (χ3v) is 5.36. The molecule has 0 bridgehead atoms. The summed E-state index contributed by atoms with van der Waals surface area (Å²) in [6.45, 7) is 2.28. The van der Waals surface area contributed by atoms with Gasteiger partial charge in [0.25, 0.3) is 0 Å². The molecule has 31 heavy (non-hydrogen) atoms. The van der Waals surface area contributed by atoms with E-state index in [0.717, 1.165) is 5.69 Å². The summed E-state index contributed by atoms with van der Waals surface area (Å²) >= 11 is 0. The highest BCUT2D eigenvalue weighted by molar-refractivity contribution is 5.78. The van der Waals surface area contributed by atoms with Gasteiger partial charge in [-0.2, -0.15) is 0 Å². The Hall–Kier alpha value is -3.01. The van der Waals surface area contributed by atoms with Gasteiger partial charge in [-0.3, -0.25) is 4.79 Å². The minimum atomic E-state index is -4.77. The number of carbonyl (C=O) groups is 1. The van der Waals surface area contributed by atoms with Crippen LogP contribution in [0.25, 0.3) is 0 Å². The number of hydrogen-bond acceptors (Lipinski definition) is 6. The van der Waals surface area contributed by atoms with Crippen molar-refractivity contribution in [2.24, 2.45) is 5.41 Å². The van der Waals surface area contributed by atoms with Crippen LogP contribution < -0.4 is 14.4 Å². The minimum absolute atomic E-state index is 0.0588. The number of ether oxygens (including phenoxy) is 3. The fourth-order valence-corrected chi connectivity index (χ4v) is 4.10. The highest BCUT2D eigenvalue weighted by Gasteiger charge is 2.47. The molecule has 0 N–H and O–H groups in total. The second-order valence-electron chi connectivity index (χ2n) is 7.83. The first-order valence-corrected chi connectivity index (χ1v) is 9.71. The first-order chi connectivity index (χ1) is 14.8. The van der Waals surface area contributed by atoms with E-state index in [1.165, 1.54) is 18.2 Å². The molecule has 2 saturated heterocycles. The zero-order valence-electron chi connectivity index (χ0n) is 16.9. The summed E-state index contributed by atoms with van der Waals surface area (Å²) in [4.78, 5) is 20.5. The van der Waals surface area contributed by atoms with Crippen LogP contribution in [0.1, 0.15) is 5.56 Å². The van der Waals surface area contributed by atoms with Gasteiger partial charge in [0.15, 0.2) is 0 Å². The normalized spacial score (nSPS) is 18.5. The molecule has 3 heterocycles. The standard InChI is InChI=1S/C21H22F3N3O4/c1-29-19-17(6-3-7-25-19)27-12-20(13-27)11-26(18(28)10-30-14-20)9-15-4-2-5-16(8-15)31-21(22,23)24/h2-8H,9-14H2,1H3. The van der Waals surface area contributed by atoms with Gasteiger partial charge in [-0.25, -0.2) is 4.98 Å².